The second-order valence-corrected chi connectivity index (χ2v) is 10.4. The summed E-state index contributed by atoms with van der Waals surface area (Å²) in [6.45, 7) is 34.2. The lowest BCUT2D eigenvalue weighted by molar-refractivity contribution is 0.230. The van der Waals surface area contributed by atoms with E-state index in [0.29, 0.717) is 5.41 Å². The lowest BCUT2D eigenvalue weighted by Gasteiger charge is -2.35. The Balaban J connectivity index is -0.000000235. The normalized spacial score (nSPS) is 13.9. The standard InChI is InChI=1S/C13H22.C10H13N.C8H10.C5H10.C2H3N.2C2H6/c1-4-9-12(5-2)13(3)10-7-6-8-11-13;1-3-9-7-5-6-8-10(9)11-4-2;1-7-5-3-4-6-8(7)2;1-4-5(2)3;1-2-3;2*1-2/h6-8,10,12H,4-5,9,11H2,1-3H3;4-8,11H,2-3H2,1H3;3-6H,1-2H3;2,4H2,1,3H3;1H3;2*1-2H3. The molecule has 0 spiro atoms. The zero-order chi connectivity index (χ0) is 34.8. The molecule has 0 saturated heterocycles. The van der Waals surface area contributed by atoms with Gasteiger partial charge in [0.15, 0.2) is 0 Å². The van der Waals surface area contributed by atoms with Crippen molar-refractivity contribution in [2.75, 3.05) is 5.32 Å². The Hall–Kier alpha value is -3.31. The molecule has 0 aliphatic heterocycles. The number of nitrogens with zero attached hydrogens (tertiary/aromatic N) is 1. The molecule has 1 aliphatic rings. The van der Waals surface area contributed by atoms with Crippen LogP contribution in [-0.4, -0.2) is 0 Å². The molecule has 44 heavy (non-hydrogen) atoms. The summed E-state index contributed by atoms with van der Waals surface area (Å²) in [4.78, 5) is 0. The van der Waals surface area contributed by atoms with Gasteiger partial charge in [0.05, 0.1) is 6.07 Å². The van der Waals surface area contributed by atoms with Crippen molar-refractivity contribution in [2.24, 2.45) is 11.3 Å². The number of nitrogens with one attached hydrogen (secondary N) is 1. The molecular formula is C42H70N2. The number of para-hydroxylation sites is 1. The fraction of sp³-hybridized carbons (Fsp3) is 0.500. The quantitative estimate of drug-likeness (QED) is 0.305. The van der Waals surface area contributed by atoms with E-state index in [1.54, 1.807) is 12.3 Å². The SMILES string of the molecule is C=C(C)CC.C=CNc1ccccc1CC.CC.CC.CC#N.CCCC(CC)C1(C)C=CC=CC1.Cc1ccccc1C. The van der Waals surface area contributed by atoms with E-state index in [1.807, 2.05) is 46.8 Å². The van der Waals surface area contributed by atoms with E-state index >= 15 is 0 Å². The minimum absolute atomic E-state index is 0.430. The predicted octanol–water partition coefficient (Wildman–Crippen LogP) is 14.0. The van der Waals surface area contributed by atoms with Gasteiger partial charge in [0.2, 0.25) is 0 Å². The van der Waals surface area contributed by atoms with Crippen LogP contribution in [0.2, 0.25) is 0 Å². The molecule has 0 fully saturated rings. The van der Waals surface area contributed by atoms with Crippen LogP contribution in [0.15, 0.2) is 97.8 Å². The number of hydrogen-bond donors (Lipinski definition) is 1. The maximum Gasteiger partial charge on any atom is 0.0587 e. The summed E-state index contributed by atoms with van der Waals surface area (Å²) in [6.07, 6.45) is 18.2. The predicted molar refractivity (Wildman–Crippen MR) is 204 cm³/mol. The van der Waals surface area contributed by atoms with Gasteiger partial charge in [-0.3, -0.25) is 0 Å². The average molecular weight is 603 g/mol. The monoisotopic (exact) mass is 603 g/mol. The van der Waals surface area contributed by atoms with Gasteiger partial charge in [-0.15, -0.1) is 6.58 Å². The topological polar surface area (TPSA) is 35.8 Å². The minimum atomic E-state index is 0.430. The Kier molecular flexibility index (Phi) is 37.0. The van der Waals surface area contributed by atoms with E-state index in [4.69, 9.17) is 5.26 Å². The smallest absolute Gasteiger partial charge is 0.0587 e. The number of aryl methyl sites for hydroxylation is 3. The Morgan fingerprint density at radius 2 is 1.43 bits per heavy atom. The van der Waals surface area contributed by atoms with Crippen LogP contribution >= 0.6 is 0 Å². The van der Waals surface area contributed by atoms with E-state index in [2.05, 4.69) is 128 Å². The molecule has 2 atom stereocenters. The van der Waals surface area contributed by atoms with Crippen molar-refractivity contribution in [1.82, 2.24) is 0 Å². The molecule has 248 valence electrons. The number of rotatable bonds is 8. The third kappa shape index (κ3) is 25.2. The summed E-state index contributed by atoms with van der Waals surface area (Å²) < 4.78 is 0. The van der Waals surface area contributed by atoms with Crippen molar-refractivity contribution >= 4 is 5.69 Å². The van der Waals surface area contributed by atoms with Gasteiger partial charge in [-0.1, -0.05) is 154 Å². The second-order valence-electron chi connectivity index (χ2n) is 10.4. The summed E-state index contributed by atoms with van der Waals surface area (Å²) in [5, 5.41) is 10.4. The summed E-state index contributed by atoms with van der Waals surface area (Å²) in [7, 11) is 0. The number of anilines is 1. The van der Waals surface area contributed by atoms with Gasteiger partial charge in [0, 0.05) is 12.6 Å². The van der Waals surface area contributed by atoms with Crippen LogP contribution in [0.3, 0.4) is 0 Å². The average Bonchev–Trinajstić information content (AvgIpc) is 3.05. The molecule has 1 N–H and O–H groups in total. The maximum absolute atomic E-state index is 7.32. The highest BCUT2D eigenvalue weighted by molar-refractivity contribution is 5.52. The molecule has 2 unspecified atom stereocenters. The van der Waals surface area contributed by atoms with Crippen LogP contribution in [-0.2, 0) is 6.42 Å². The molecule has 0 bridgehead atoms. The molecule has 2 aromatic rings. The Labute approximate surface area is 276 Å². The highest BCUT2D eigenvalue weighted by Gasteiger charge is 2.29. The third-order valence-electron chi connectivity index (χ3n) is 7.03. The number of hydrogen-bond acceptors (Lipinski definition) is 2. The first-order valence-electron chi connectivity index (χ1n) is 16.9. The molecule has 2 nitrogen and oxygen atoms in total. The van der Waals surface area contributed by atoms with Crippen LogP contribution in [0.1, 0.15) is 125 Å². The van der Waals surface area contributed by atoms with Crippen LogP contribution < -0.4 is 5.32 Å². The van der Waals surface area contributed by atoms with Crippen molar-refractivity contribution < 1.29 is 0 Å². The van der Waals surface area contributed by atoms with Crippen LogP contribution in [0.4, 0.5) is 5.69 Å². The molecule has 2 aromatic carbocycles. The minimum Gasteiger partial charge on any atom is -0.362 e. The zero-order valence-electron chi connectivity index (χ0n) is 31.2. The van der Waals surface area contributed by atoms with E-state index in [9.17, 15) is 0 Å². The van der Waals surface area contributed by atoms with Gasteiger partial charge < -0.3 is 5.32 Å². The number of benzene rings is 2. The third-order valence-corrected chi connectivity index (χ3v) is 7.03. The maximum atomic E-state index is 7.32. The van der Waals surface area contributed by atoms with Gasteiger partial charge in [-0.2, -0.15) is 5.26 Å². The van der Waals surface area contributed by atoms with Gasteiger partial charge in [-0.25, -0.2) is 0 Å². The van der Waals surface area contributed by atoms with Crippen molar-refractivity contribution in [2.45, 2.75) is 129 Å². The number of nitriles is 1. The second kappa shape index (κ2) is 34.2. The van der Waals surface area contributed by atoms with Crippen molar-refractivity contribution in [3.63, 3.8) is 0 Å². The van der Waals surface area contributed by atoms with E-state index in [1.165, 1.54) is 54.9 Å². The van der Waals surface area contributed by atoms with E-state index < -0.39 is 0 Å². The van der Waals surface area contributed by atoms with E-state index in [-0.39, 0.29) is 0 Å². The lowest BCUT2D eigenvalue weighted by Crippen LogP contribution is -2.25. The highest BCUT2D eigenvalue weighted by Crippen LogP contribution is 2.39. The first kappa shape index (κ1) is 47.6. The molecule has 0 amide bonds. The van der Waals surface area contributed by atoms with Crippen LogP contribution in [0.25, 0.3) is 0 Å². The molecular weight excluding hydrogens is 532 g/mol. The van der Waals surface area contributed by atoms with Gasteiger partial charge in [0.1, 0.15) is 0 Å². The van der Waals surface area contributed by atoms with E-state index in [0.717, 1.165) is 24.4 Å². The highest BCUT2D eigenvalue weighted by atomic mass is 14.8. The van der Waals surface area contributed by atoms with Crippen LogP contribution in [0, 0.1) is 36.5 Å². The molecule has 1 aliphatic carbocycles. The fourth-order valence-corrected chi connectivity index (χ4v) is 4.14. The van der Waals surface area contributed by atoms with Crippen LogP contribution in [0.5, 0.6) is 0 Å². The van der Waals surface area contributed by atoms with Crippen molar-refractivity contribution in [1.29, 1.82) is 5.26 Å². The number of allylic oxidation sites excluding steroid dienone is 5. The van der Waals surface area contributed by atoms with Crippen molar-refractivity contribution in [3.8, 4) is 6.07 Å². The molecule has 0 heterocycles. The molecule has 0 saturated carbocycles. The molecule has 0 radical (unpaired) electrons. The van der Waals surface area contributed by atoms with Crippen molar-refractivity contribution in [3.05, 3.63) is 114 Å². The van der Waals surface area contributed by atoms with Gasteiger partial charge in [0.25, 0.3) is 0 Å². The first-order valence-corrected chi connectivity index (χ1v) is 16.9. The Bertz CT molecular complexity index is 1020. The fourth-order valence-electron chi connectivity index (χ4n) is 4.14. The Morgan fingerprint density at radius 1 is 0.955 bits per heavy atom. The van der Waals surface area contributed by atoms with Gasteiger partial charge in [-0.05, 0) is 86.7 Å². The zero-order valence-corrected chi connectivity index (χ0v) is 31.2. The summed E-state index contributed by atoms with van der Waals surface area (Å²) in [5.41, 5.74) is 6.90. The van der Waals surface area contributed by atoms with Gasteiger partial charge >= 0.3 is 0 Å². The molecule has 2 heteroatoms. The first-order chi connectivity index (χ1) is 21.1. The lowest BCUT2D eigenvalue weighted by atomic mass is 9.70. The summed E-state index contributed by atoms with van der Waals surface area (Å²) in [6, 6.07) is 18.3. The Morgan fingerprint density at radius 3 is 1.77 bits per heavy atom. The molecule has 0 aromatic heterocycles. The summed E-state index contributed by atoms with van der Waals surface area (Å²) in [5.74, 6) is 0.860. The summed E-state index contributed by atoms with van der Waals surface area (Å²) >= 11 is 0. The largest absolute Gasteiger partial charge is 0.362 e. The molecule has 3 rings (SSSR count).